The first kappa shape index (κ1) is 11.3. The van der Waals surface area contributed by atoms with Crippen molar-refractivity contribution < 1.29 is 0 Å². The van der Waals surface area contributed by atoms with Crippen molar-refractivity contribution in [3.05, 3.63) is 41.5 Å². The number of rotatable bonds is 4. The lowest BCUT2D eigenvalue weighted by Crippen LogP contribution is -1.86. The summed E-state index contributed by atoms with van der Waals surface area (Å²) in [6.45, 7) is 4.25. The van der Waals surface area contributed by atoms with Gasteiger partial charge in [-0.25, -0.2) is 0 Å². The minimum atomic E-state index is 1.25. The van der Waals surface area contributed by atoms with Gasteiger partial charge in [-0.3, -0.25) is 0 Å². The van der Waals surface area contributed by atoms with Crippen molar-refractivity contribution in [2.75, 3.05) is 0 Å². The molecule has 0 nitrogen and oxygen atoms in total. The van der Waals surface area contributed by atoms with Crippen LogP contribution in [0.4, 0.5) is 0 Å². The van der Waals surface area contributed by atoms with Gasteiger partial charge in [0.2, 0.25) is 0 Å². The van der Waals surface area contributed by atoms with Gasteiger partial charge in [-0.05, 0) is 37.0 Å². The van der Waals surface area contributed by atoms with Gasteiger partial charge in [0.25, 0.3) is 0 Å². The Morgan fingerprint density at radius 3 is 2.43 bits per heavy atom. The first-order chi connectivity index (χ1) is 6.77. The summed E-state index contributed by atoms with van der Waals surface area (Å²) < 4.78 is 0. The van der Waals surface area contributed by atoms with Crippen molar-refractivity contribution in [3.8, 4) is 0 Å². The van der Waals surface area contributed by atoms with Gasteiger partial charge in [0.05, 0.1) is 0 Å². The SMILES string of the molecule is C/C=C(\C)c1ccc(CCC[SiH3])cc1. The average Bonchev–Trinajstić information content (AvgIpc) is 2.26. The molecule has 0 fully saturated rings. The Labute approximate surface area is 90.5 Å². The van der Waals surface area contributed by atoms with E-state index in [0.717, 1.165) is 0 Å². The van der Waals surface area contributed by atoms with Crippen molar-refractivity contribution >= 4 is 15.8 Å². The third-order valence-electron chi connectivity index (χ3n) is 2.66. The van der Waals surface area contributed by atoms with E-state index in [2.05, 4.69) is 44.2 Å². The molecule has 76 valence electrons. The van der Waals surface area contributed by atoms with Crippen LogP contribution in [0.15, 0.2) is 30.3 Å². The van der Waals surface area contributed by atoms with Crippen LogP contribution in [0, 0.1) is 0 Å². The lowest BCUT2D eigenvalue weighted by atomic mass is 10.0. The van der Waals surface area contributed by atoms with Gasteiger partial charge in [-0.1, -0.05) is 42.8 Å². The van der Waals surface area contributed by atoms with Crippen molar-refractivity contribution in [2.24, 2.45) is 0 Å². The van der Waals surface area contributed by atoms with Crippen LogP contribution in [0.2, 0.25) is 6.04 Å². The molecule has 0 atom stereocenters. The molecule has 1 aromatic carbocycles. The Balaban J connectivity index is 2.68. The maximum atomic E-state index is 2.26. The smallest absolute Gasteiger partial charge is 0.00281 e. The molecule has 14 heavy (non-hydrogen) atoms. The maximum absolute atomic E-state index is 2.26. The highest BCUT2D eigenvalue weighted by Crippen LogP contribution is 2.15. The summed E-state index contributed by atoms with van der Waals surface area (Å²) in [7, 11) is 1.34. The summed E-state index contributed by atoms with van der Waals surface area (Å²) in [5, 5.41) is 0. The molecule has 0 saturated carbocycles. The summed E-state index contributed by atoms with van der Waals surface area (Å²) in [6, 6.07) is 10.4. The third kappa shape index (κ3) is 3.15. The maximum Gasteiger partial charge on any atom is 0.00281 e. The lowest BCUT2D eigenvalue weighted by molar-refractivity contribution is 0.919. The van der Waals surface area contributed by atoms with Gasteiger partial charge in [0.15, 0.2) is 0 Å². The van der Waals surface area contributed by atoms with Crippen LogP contribution >= 0.6 is 0 Å². The molecular weight excluding hydrogens is 184 g/mol. The van der Waals surface area contributed by atoms with E-state index in [1.165, 1.54) is 45.8 Å². The monoisotopic (exact) mass is 204 g/mol. The van der Waals surface area contributed by atoms with Gasteiger partial charge in [0.1, 0.15) is 0 Å². The van der Waals surface area contributed by atoms with Crippen LogP contribution in [0.1, 0.15) is 31.4 Å². The quantitative estimate of drug-likeness (QED) is 0.662. The van der Waals surface area contributed by atoms with Gasteiger partial charge in [-0.2, -0.15) is 0 Å². The molecular formula is C13H20Si. The van der Waals surface area contributed by atoms with E-state index in [0.29, 0.717) is 0 Å². The van der Waals surface area contributed by atoms with E-state index in [1.54, 1.807) is 0 Å². The summed E-state index contributed by atoms with van der Waals surface area (Å²) in [4.78, 5) is 0. The standard InChI is InChI=1S/C13H20Si/c1-3-11(2)13-8-6-12(7-9-13)5-4-10-14/h3,6-9H,4-5,10H2,1-2,14H3/b11-3+. The molecule has 1 heteroatoms. The molecule has 1 aromatic rings. The predicted molar refractivity (Wildman–Crippen MR) is 68.8 cm³/mol. The normalized spacial score (nSPS) is 12.0. The van der Waals surface area contributed by atoms with Crippen molar-refractivity contribution in [1.29, 1.82) is 0 Å². The molecule has 0 aliphatic heterocycles. The number of allylic oxidation sites excluding steroid dienone is 2. The van der Waals surface area contributed by atoms with E-state index in [-0.39, 0.29) is 0 Å². The molecule has 0 radical (unpaired) electrons. The largest absolute Gasteiger partial charge is 0.0841 e. The minimum Gasteiger partial charge on any atom is -0.0841 e. The lowest BCUT2D eigenvalue weighted by Gasteiger charge is -2.03. The van der Waals surface area contributed by atoms with Gasteiger partial charge < -0.3 is 0 Å². The third-order valence-corrected chi connectivity index (χ3v) is 3.37. The first-order valence-electron chi connectivity index (χ1n) is 5.50. The second-order valence-corrected chi connectivity index (χ2v) is 4.77. The highest BCUT2D eigenvalue weighted by molar-refractivity contribution is 6.08. The molecule has 0 unspecified atom stereocenters. The molecule has 0 bridgehead atoms. The van der Waals surface area contributed by atoms with Gasteiger partial charge in [0, 0.05) is 10.2 Å². The first-order valence-corrected chi connectivity index (χ1v) is 6.91. The van der Waals surface area contributed by atoms with E-state index >= 15 is 0 Å². The summed E-state index contributed by atoms with van der Waals surface area (Å²) >= 11 is 0. The summed E-state index contributed by atoms with van der Waals surface area (Å²) in [5.41, 5.74) is 4.19. The minimum absolute atomic E-state index is 1.25. The number of hydrogen-bond acceptors (Lipinski definition) is 0. The van der Waals surface area contributed by atoms with E-state index in [4.69, 9.17) is 0 Å². The van der Waals surface area contributed by atoms with Crippen LogP contribution < -0.4 is 0 Å². The fraction of sp³-hybridized carbons (Fsp3) is 0.385. The zero-order valence-electron chi connectivity index (χ0n) is 9.51. The number of aryl methyl sites for hydroxylation is 1. The molecule has 0 saturated heterocycles. The van der Waals surface area contributed by atoms with Gasteiger partial charge in [-0.15, -0.1) is 0 Å². The van der Waals surface area contributed by atoms with Crippen molar-refractivity contribution in [2.45, 2.75) is 32.7 Å². The van der Waals surface area contributed by atoms with Crippen LogP contribution in [0.25, 0.3) is 5.57 Å². The topological polar surface area (TPSA) is 0 Å². The highest BCUT2D eigenvalue weighted by Gasteiger charge is 1.95. The van der Waals surface area contributed by atoms with Crippen LogP contribution in [-0.4, -0.2) is 10.2 Å². The second-order valence-electron chi connectivity index (χ2n) is 3.77. The molecule has 0 aliphatic carbocycles. The van der Waals surface area contributed by atoms with Gasteiger partial charge >= 0.3 is 0 Å². The second kappa shape index (κ2) is 5.81. The van der Waals surface area contributed by atoms with Crippen LogP contribution in [0.3, 0.4) is 0 Å². The molecule has 0 heterocycles. The van der Waals surface area contributed by atoms with E-state index in [9.17, 15) is 0 Å². The molecule has 1 rings (SSSR count). The zero-order valence-corrected chi connectivity index (χ0v) is 11.5. The Morgan fingerprint density at radius 2 is 1.93 bits per heavy atom. The zero-order chi connectivity index (χ0) is 10.4. The summed E-state index contributed by atoms with van der Waals surface area (Å²) in [6.07, 6.45) is 4.76. The summed E-state index contributed by atoms with van der Waals surface area (Å²) in [5.74, 6) is 0. The van der Waals surface area contributed by atoms with Crippen molar-refractivity contribution in [1.82, 2.24) is 0 Å². The van der Waals surface area contributed by atoms with Crippen LogP contribution in [0.5, 0.6) is 0 Å². The molecule has 0 amide bonds. The Hall–Kier alpha value is -0.823. The average molecular weight is 204 g/mol. The van der Waals surface area contributed by atoms with Crippen molar-refractivity contribution in [3.63, 3.8) is 0 Å². The Kier molecular flexibility index (Phi) is 4.67. The molecule has 0 aliphatic rings. The number of hydrogen-bond donors (Lipinski definition) is 0. The highest BCUT2D eigenvalue weighted by atomic mass is 28.1. The fourth-order valence-corrected chi connectivity index (χ4v) is 1.84. The Morgan fingerprint density at radius 1 is 1.29 bits per heavy atom. The Bertz CT molecular complexity index is 296. The number of benzene rings is 1. The molecule has 0 spiro atoms. The predicted octanol–water partition coefficient (Wildman–Crippen LogP) is 2.83. The molecule has 0 aromatic heterocycles. The van der Waals surface area contributed by atoms with E-state index in [1.807, 2.05) is 0 Å². The molecule has 0 N–H and O–H groups in total. The fourth-order valence-electron chi connectivity index (χ4n) is 1.48. The van der Waals surface area contributed by atoms with E-state index < -0.39 is 0 Å². The van der Waals surface area contributed by atoms with Crippen LogP contribution in [-0.2, 0) is 6.42 Å².